The highest BCUT2D eigenvalue weighted by atomic mass is 35.5. The number of hydrogen-bond donors (Lipinski definition) is 2. The van der Waals surface area contributed by atoms with Crippen LogP contribution in [0.25, 0.3) is 0 Å². The second-order valence-electron chi connectivity index (χ2n) is 5.58. The topological polar surface area (TPSA) is 58.6 Å². The zero-order chi connectivity index (χ0) is 18.1. The molecule has 2 N–H and O–H groups in total. The quantitative estimate of drug-likeness (QED) is 0.647. The fourth-order valence-corrected chi connectivity index (χ4v) is 2.91. The molecule has 0 aliphatic carbocycles. The van der Waals surface area contributed by atoms with Crippen molar-refractivity contribution in [3.63, 3.8) is 0 Å². The number of para-hydroxylation sites is 1. The minimum Gasteiger partial charge on any atom is -0.489 e. The summed E-state index contributed by atoms with van der Waals surface area (Å²) < 4.78 is 5.90. The van der Waals surface area contributed by atoms with E-state index in [-0.39, 0.29) is 0 Å². The lowest BCUT2D eigenvalue weighted by molar-refractivity contribution is -0.139. The van der Waals surface area contributed by atoms with E-state index in [1.54, 1.807) is 11.8 Å². The molecule has 4 nitrogen and oxygen atoms in total. The second kappa shape index (κ2) is 10.3. The molecule has 2 rings (SSSR count). The molecule has 2 aromatic carbocycles. The first-order valence-electron chi connectivity index (χ1n) is 8.00. The molecule has 1 unspecified atom stereocenters. The summed E-state index contributed by atoms with van der Waals surface area (Å²) in [5.41, 5.74) is 1.96. The van der Waals surface area contributed by atoms with Crippen molar-refractivity contribution in [2.24, 2.45) is 0 Å². The van der Waals surface area contributed by atoms with Gasteiger partial charge in [-0.15, -0.1) is 0 Å². The van der Waals surface area contributed by atoms with Gasteiger partial charge in [0.25, 0.3) is 0 Å². The van der Waals surface area contributed by atoms with E-state index in [4.69, 9.17) is 16.3 Å². The van der Waals surface area contributed by atoms with E-state index < -0.39 is 12.0 Å². The molecule has 0 radical (unpaired) electrons. The zero-order valence-corrected chi connectivity index (χ0v) is 15.6. The molecule has 0 heterocycles. The van der Waals surface area contributed by atoms with Gasteiger partial charge in [0.05, 0.1) is 0 Å². The van der Waals surface area contributed by atoms with Gasteiger partial charge in [-0.1, -0.05) is 41.9 Å². The third kappa shape index (κ3) is 6.61. The molecule has 0 amide bonds. The van der Waals surface area contributed by atoms with Gasteiger partial charge in [-0.2, -0.15) is 11.8 Å². The predicted molar refractivity (Wildman–Crippen MR) is 103 cm³/mol. The van der Waals surface area contributed by atoms with Crippen molar-refractivity contribution in [1.29, 1.82) is 0 Å². The van der Waals surface area contributed by atoms with Crippen LogP contribution >= 0.6 is 23.4 Å². The molecule has 2 aromatic rings. The first kappa shape index (κ1) is 19.6. The molecule has 0 fully saturated rings. The molecular formula is C19H22ClNO3S. The number of thioether (sulfide) groups is 1. The van der Waals surface area contributed by atoms with Gasteiger partial charge in [-0.25, -0.2) is 0 Å². The number of carboxylic acid groups (broad SMARTS) is 1. The average Bonchev–Trinajstić information content (AvgIpc) is 2.62. The van der Waals surface area contributed by atoms with E-state index in [0.29, 0.717) is 24.6 Å². The highest BCUT2D eigenvalue weighted by molar-refractivity contribution is 7.98. The van der Waals surface area contributed by atoms with Crippen LogP contribution in [0, 0.1) is 0 Å². The normalized spacial score (nSPS) is 11.9. The summed E-state index contributed by atoms with van der Waals surface area (Å²) in [4.78, 5) is 11.3. The molecule has 0 spiro atoms. The first-order chi connectivity index (χ1) is 12.1. The van der Waals surface area contributed by atoms with Gasteiger partial charge in [-0.3, -0.25) is 4.79 Å². The van der Waals surface area contributed by atoms with Crippen LogP contribution in [0.15, 0.2) is 48.5 Å². The molecule has 25 heavy (non-hydrogen) atoms. The van der Waals surface area contributed by atoms with Crippen molar-refractivity contribution < 1.29 is 14.6 Å². The Kier molecular flexibility index (Phi) is 8.12. The van der Waals surface area contributed by atoms with Gasteiger partial charge in [-0.05, 0) is 42.2 Å². The minimum absolute atomic E-state index is 0.434. The molecule has 6 heteroatoms. The number of carbonyl (C=O) groups is 1. The monoisotopic (exact) mass is 379 g/mol. The molecule has 0 bridgehead atoms. The Hall–Kier alpha value is -1.69. The minimum atomic E-state index is -0.825. The van der Waals surface area contributed by atoms with Crippen molar-refractivity contribution in [3.05, 3.63) is 64.7 Å². The highest BCUT2D eigenvalue weighted by Crippen LogP contribution is 2.20. The number of rotatable bonds is 10. The van der Waals surface area contributed by atoms with Crippen molar-refractivity contribution in [1.82, 2.24) is 5.32 Å². The van der Waals surface area contributed by atoms with Gasteiger partial charge in [0, 0.05) is 17.1 Å². The summed E-state index contributed by atoms with van der Waals surface area (Å²) in [6, 6.07) is 14.6. The molecule has 1 atom stereocenters. The lowest BCUT2D eigenvalue weighted by Gasteiger charge is -2.16. The molecule has 0 saturated carbocycles. The van der Waals surface area contributed by atoms with Crippen LogP contribution in [0.1, 0.15) is 17.5 Å². The number of carboxylic acids is 1. The summed E-state index contributed by atoms with van der Waals surface area (Å²) in [6.07, 6.45) is 2.56. The first-order valence-corrected chi connectivity index (χ1v) is 9.77. The summed E-state index contributed by atoms with van der Waals surface area (Å²) in [7, 11) is 0. The fourth-order valence-electron chi connectivity index (χ4n) is 2.31. The third-order valence-corrected chi connectivity index (χ3v) is 4.62. The number of nitrogens with one attached hydrogen (secondary N) is 1. The lowest BCUT2D eigenvalue weighted by atomic mass is 10.1. The Balaban J connectivity index is 1.97. The third-order valence-electron chi connectivity index (χ3n) is 3.73. The van der Waals surface area contributed by atoms with E-state index >= 15 is 0 Å². The maximum absolute atomic E-state index is 11.3. The van der Waals surface area contributed by atoms with E-state index in [0.717, 1.165) is 22.6 Å². The Morgan fingerprint density at radius 1 is 1.24 bits per heavy atom. The molecule has 0 saturated heterocycles. The van der Waals surface area contributed by atoms with Crippen molar-refractivity contribution in [3.8, 4) is 5.75 Å². The van der Waals surface area contributed by atoms with Gasteiger partial charge >= 0.3 is 5.97 Å². The van der Waals surface area contributed by atoms with Crippen molar-refractivity contribution in [2.75, 3.05) is 12.0 Å². The smallest absolute Gasteiger partial charge is 0.320 e. The van der Waals surface area contributed by atoms with Crippen LogP contribution in [0.4, 0.5) is 0 Å². The summed E-state index contributed by atoms with van der Waals surface area (Å²) in [6.45, 7) is 0.880. The molecule has 0 aromatic heterocycles. The van der Waals surface area contributed by atoms with Gasteiger partial charge in [0.1, 0.15) is 18.4 Å². The van der Waals surface area contributed by atoms with E-state index in [9.17, 15) is 9.90 Å². The Morgan fingerprint density at radius 3 is 2.64 bits per heavy atom. The zero-order valence-electron chi connectivity index (χ0n) is 14.1. The van der Waals surface area contributed by atoms with E-state index in [1.807, 2.05) is 54.8 Å². The standard InChI is InChI=1S/C19H22ClNO3S/c1-25-11-10-17(19(22)23)21-12-15-4-2-3-5-18(15)24-13-14-6-8-16(20)9-7-14/h2-9,17,21H,10-13H2,1H3,(H,22,23). The fraction of sp³-hybridized carbons (Fsp3) is 0.316. The average molecular weight is 380 g/mol. The summed E-state index contributed by atoms with van der Waals surface area (Å²) >= 11 is 7.53. The van der Waals surface area contributed by atoms with Crippen LogP contribution in [0.2, 0.25) is 5.02 Å². The predicted octanol–water partition coefficient (Wildman–Crippen LogP) is 4.21. The number of benzene rings is 2. The van der Waals surface area contributed by atoms with E-state index in [1.165, 1.54) is 0 Å². The number of halogens is 1. The van der Waals surface area contributed by atoms with Gasteiger partial charge in [0.15, 0.2) is 0 Å². The maximum Gasteiger partial charge on any atom is 0.320 e. The van der Waals surface area contributed by atoms with Crippen LogP contribution in [0.3, 0.4) is 0 Å². The van der Waals surface area contributed by atoms with Crippen LogP contribution in [-0.2, 0) is 17.9 Å². The molecule has 134 valence electrons. The largest absolute Gasteiger partial charge is 0.489 e. The molecule has 0 aliphatic rings. The number of hydrogen-bond acceptors (Lipinski definition) is 4. The van der Waals surface area contributed by atoms with Crippen LogP contribution in [0.5, 0.6) is 5.75 Å². The summed E-state index contributed by atoms with van der Waals surface area (Å²) in [5, 5.41) is 13.1. The second-order valence-corrected chi connectivity index (χ2v) is 7.00. The van der Waals surface area contributed by atoms with Gasteiger partial charge < -0.3 is 15.2 Å². The van der Waals surface area contributed by atoms with Crippen LogP contribution in [-0.4, -0.2) is 29.1 Å². The molecular weight excluding hydrogens is 358 g/mol. The van der Waals surface area contributed by atoms with Crippen molar-refractivity contribution in [2.45, 2.75) is 25.6 Å². The Bertz CT molecular complexity index is 679. The lowest BCUT2D eigenvalue weighted by Crippen LogP contribution is -2.36. The van der Waals surface area contributed by atoms with Gasteiger partial charge in [0.2, 0.25) is 0 Å². The summed E-state index contributed by atoms with van der Waals surface area (Å²) in [5.74, 6) is 0.728. The Morgan fingerprint density at radius 2 is 1.96 bits per heavy atom. The molecule has 0 aliphatic heterocycles. The number of aliphatic carboxylic acids is 1. The highest BCUT2D eigenvalue weighted by Gasteiger charge is 2.16. The van der Waals surface area contributed by atoms with Crippen molar-refractivity contribution >= 4 is 29.3 Å². The maximum atomic E-state index is 11.3. The Labute approximate surface area is 157 Å². The van der Waals surface area contributed by atoms with Crippen LogP contribution < -0.4 is 10.1 Å². The van der Waals surface area contributed by atoms with E-state index in [2.05, 4.69) is 5.32 Å². The number of ether oxygens (including phenoxy) is 1. The SMILES string of the molecule is CSCCC(NCc1ccccc1OCc1ccc(Cl)cc1)C(=O)O.